The van der Waals surface area contributed by atoms with Crippen molar-refractivity contribution < 1.29 is 13.5 Å². The van der Waals surface area contributed by atoms with Gasteiger partial charge in [-0.2, -0.15) is 4.31 Å². The summed E-state index contributed by atoms with van der Waals surface area (Å²) in [6, 6.07) is 6.64. The monoisotopic (exact) mass is 309 g/mol. The van der Waals surface area contributed by atoms with Gasteiger partial charge in [-0.1, -0.05) is 38.7 Å². The molecule has 0 atom stereocenters. The number of aliphatic hydroxyl groups is 1. The fourth-order valence-corrected chi connectivity index (χ4v) is 3.57. The van der Waals surface area contributed by atoms with Crippen molar-refractivity contribution in [3.05, 3.63) is 29.8 Å². The highest BCUT2D eigenvalue weighted by molar-refractivity contribution is 7.89. The largest absolute Gasteiger partial charge is 0.395 e. The van der Waals surface area contributed by atoms with E-state index in [2.05, 4.69) is 11.8 Å². The van der Waals surface area contributed by atoms with Gasteiger partial charge >= 0.3 is 0 Å². The van der Waals surface area contributed by atoms with Crippen LogP contribution in [0.4, 0.5) is 0 Å². The van der Waals surface area contributed by atoms with Gasteiger partial charge in [0.15, 0.2) is 0 Å². The third-order valence-electron chi connectivity index (χ3n) is 2.86. The summed E-state index contributed by atoms with van der Waals surface area (Å²) in [4.78, 5) is 0.265. The number of hydrogen-bond donors (Lipinski definition) is 1. The molecule has 0 saturated carbocycles. The average Bonchev–Trinajstić information content (AvgIpc) is 2.45. The van der Waals surface area contributed by atoms with Crippen molar-refractivity contribution >= 4 is 10.0 Å². The van der Waals surface area contributed by atoms with E-state index in [1.807, 2.05) is 20.8 Å². The SMILES string of the molecule is CCN(CC(C)C)S(=O)(=O)c1cccc(C#CCCO)c1. The van der Waals surface area contributed by atoms with E-state index in [-0.39, 0.29) is 17.4 Å². The molecular weight excluding hydrogens is 286 g/mol. The number of benzene rings is 1. The minimum Gasteiger partial charge on any atom is -0.395 e. The maximum atomic E-state index is 12.6. The van der Waals surface area contributed by atoms with E-state index < -0.39 is 10.0 Å². The third kappa shape index (κ3) is 5.16. The molecule has 0 saturated heterocycles. The van der Waals surface area contributed by atoms with Gasteiger partial charge in [0.05, 0.1) is 11.5 Å². The second-order valence-corrected chi connectivity index (χ2v) is 7.09. The van der Waals surface area contributed by atoms with E-state index in [4.69, 9.17) is 5.11 Å². The molecule has 0 unspecified atom stereocenters. The summed E-state index contributed by atoms with van der Waals surface area (Å²) in [7, 11) is -3.48. The Kier molecular flexibility index (Phi) is 6.90. The second kappa shape index (κ2) is 8.18. The smallest absolute Gasteiger partial charge is 0.243 e. The first kappa shape index (κ1) is 17.7. The van der Waals surface area contributed by atoms with Crippen molar-refractivity contribution in [1.82, 2.24) is 4.31 Å². The van der Waals surface area contributed by atoms with Crippen LogP contribution in [0.1, 0.15) is 32.8 Å². The molecule has 0 spiro atoms. The molecule has 21 heavy (non-hydrogen) atoms. The van der Waals surface area contributed by atoms with Crippen LogP contribution >= 0.6 is 0 Å². The zero-order valence-electron chi connectivity index (χ0n) is 12.8. The summed E-state index contributed by atoms with van der Waals surface area (Å²) in [5.74, 6) is 5.93. The molecule has 0 aliphatic carbocycles. The summed E-state index contributed by atoms with van der Waals surface area (Å²) < 4.78 is 26.7. The highest BCUT2D eigenvalue weighted by Gasteiger charge is 2.23. The second-order valence-electron chi connectivity index (χ2n) is 5.15. The molecule has 5 heteroatoms. The maximum Gasteiger partial charge on any atom is 0.243 e. The first-order valence-electron chi connectivity index (χ1n) is 7.11. The molecule has 1 N–H and O–H groups in total. The van der Waals surface area contributed by atoms with E-state index in [1.165, 1.54) is 4.31 Å². The predicted octanol–water partition coefficient (Wildman–Crippen LogP) is 2.09. The highest BCUT2D eigenvalue weighted by atomic mass is 32.2. The Balaban J connectivity index is 3.08. The van der Waals surface area contributed by atoms with Crippen molar-refractivity contribution in [2.45, 2.75) is 32.1 Å². The first-order valence-corrected chi connectivity index (χ1v) is 8.55. The standard InChI is InChI=1S/C16H23NO3S/c1-4-17(13-14(2)3)21(19,20)16-10-7-9-15(12-16)8-5-6-11-18/h7,9-10,12,14,18H,4,6,11,13H2,1-3H3. The van der Waals surface area contributed by atoms with Gasteiger partial charge in [0.2, 0.25) is 10.0 Å². The zero-order chi connectivity index (χ0) is 15.9. The summed E-state index contributed by atoms with van der Waals surface area (Å²) >= 11 is 0. The Hall–Kier alpha value is -1.35. The number of rotatable bonds is 6. The van der Waals surface area contributed by atoms with E-state index in [0.717, 1.165) is 0 Å². The third-order valence-corrected chi connectivity index (χ3v) is 4.80. The van der Waals surface area contributed by atoms with Crippen LogP contribution < -0.4 is 0 Å². The summed E-state index contributed by atoms with van der Waals surface area (Å²) in [5.41, 5.74) is 0.644. The van der Waals surface area contributed by atoms with Crippen LogP contribution in [-0.4, -0.2) is 37.5 Å². The molecular formula is C16H23NO3S. The van der Waals surface area contributed by atoms with Crippen LogP contribution in [0.15, 0.2) is 29.2 Å². The summed E-state index contributed by atoms with van der Waals surface area (Å²) in [6.45, 7) is 6.78. The predicted molar refractivity (Wildman–Crippen MR) is 84.3 cm³/mol. The normalized spacial score (nSPS) is 11.5. The fraction of sp³-hybridized carbons (Fsp3) is 0.500. The van der Waals surface area contributed by atoms with Gasteiger partial charge in [0.25, 0.3) is 0 Å². The molecule has 116 valence electrons. The molecule has 0 aromatic heterocycles. The van der Waals surface area contributed by atoms with Crippen LogP contribution in [-0.2, 0) is 10.0 Å². The van der Waals surface area contributed by atoms with E-state index in [9.17, 15) is 8.42 Å². The topological polar surface area (TPSA) is 57.6 Å². The minimum atomic E-state index is -3.48. The van der Waals surface area contributed by atoms with Crippen LogP contribution in [0.25, 0.3) is 0 Å². The van der Waals surface area contributed by atoms with Crippen LogP contribution in [0.2, 0.25) is 0 Å². The van der Waals surface area contributed by atoms with Gasteiger partial charge in [-0.3, -0.25) is 0 Å². The Labute approximate surface area is 127 Å². The summed E-state index contributed by atoms with van der Waals surface area (Å²) in [6.07, 6.45) is 0.380. The van der Waals surface area contributed by atoms with Gasteiger partial charge in [-0.25, -0.2) is 8.42 Å². The lowest BCUT2D eigenvalue weighted by Gasteiger charge is -2.22. The van der Waals surface area contributed by atoms with Crippen LogP contribution in [0, 0.1) is 17.8 Å². The van der Waals surface area contributed by atoms with E-state index in [1.54, 1.807) is 24.3 Å². The van der Waals surface area contributed by atoms with Gasteiger partial charge in [-0.15, -0.1) is 0 Å². The molecule has 0 aliphatic heterocycles. The number of nitrogens with zero attached hydrogens (tertiary/aromatic N) is 1. The lowest BCUT2D eigenvalue weighted by atomic mass is 10.2. The molecule has 0 heterocycles. The van der Waals surface area contributed by atoms with Crippen LogP contribution in [0.5, 0.6) is 0 Å². The zero-order valence-corrected chi connectivity index (χ0v) is 13.7. The molecule has 4 nitrogen and oxygen atoms in total. The first-order chi connectivity index (χ1) is 9.91. The van der Waals surface area contributed by atoms with Crippen LogP contribution in [0.3, 0.4) is 0 Å². The van der Waals surface area contributed by atoms with Crippen molar-refractivity contribution in [3.63, 3.8) is 0 Å². The Morgan fingerprint density at radius 2 is 2.05 bits per heavy atom. The fourth-order valence-electron chi connectivity index (χ4n) is 1.91. The average molecular weight is 309 g/mol. The summed E-state index contributed by atoms with van der Waals surface area (Å²) in [5, 5.41) is 8.71. The van der Waals surface area contributed by atoms with Gasteiger partial charge < -0.3 is 5.11 Å². The Morgan fingerprint density at radius 1 is 1.33 bits per heavy atom. The number of aliphatic hydroxyl groups excluding tert-OH is 1. The molecule has 1 aromatic rings. The van der Waals surface area contributed by atoms with Crippen molar-refractivity contribution in [2.24, 2.45) is 5.92 Å². The van der Waals surface area contributed by atoms with Gasteiger partial charge in [0.1, 0.15) is 0 Å². The molecule has 0 fully saturated rings. The molecule has 0 amide bonds. The minimum absolute atomic E-state index is 0.00297. The molecule has 1 aromatic carbocycles. The van der Waals surface area contributed by atoms with Crippen molar-refractivity contribution in [2.75, 3.05) is 19.7 Å². The Morgan fingerprint density at radius 3 is 2.62 bits per heavy atom. The van der Waals surface area contributed by atoms with Gasteiger partial charge in [0, 0.05) is 25.1 Å². The van der Waals surface area contributed by atoms with E-state index >= 15 is 0 Å². The quantitative estimate of drug-likeness (QED) is 0.819. The molecule has 0 aliphatic rings. The number of sulfonamides is 1. The van der Waals surface area contributed by atoms with Gasteiger partial charge in [-0.05, 0) is 24.1 Å². The van der Waals surface area contributed by atoms with E-state index in [0.29, 0.717) is 25.1 Å². The molecule has 0 bridgehead atoms. The lowest BCUT2D eigenvalue weighted by molar-refractivity contribution is 0.305. The maximum absolute atomic E-state index is 12.6. The Bertz CT molecular complexity index is 612. The molecule has 1 rings (SSSR count). The van der Waals surface area contributed by atoms with Crippen molar-refractivity contribution in [3.8, 4) is 11.8 Å². The molecule has 0 radical (unpaired) electrons. The number of hydrogen-bond acceptors (Lipinski definition) is 3. The lowest BCUT2D eigenvalue weighted by Crippen LogP contribution is -2.34. The highest BCUT2D eigenvalue weighted by Crippen LogP contribution is 2.18. The van der Waals surface area contributed by atoms with Crippen molar-refractivity contribution in [1.29, 1.82) is 0 Å².